The standard InChI is InChI=1S/C19H25N5OS/c1-13-5-6-15-11-16(12-20)18(24-17(15)14(13)2)21-7-4-8-22-19(26)23-9-10-25-3/h5-6,11H,4,7-10H2,1-3H3,(H,21,24)(H2,22,23,26)/p+1. The molecule has 0 saturated heterocycles. The fourth-order valence-electron chi connectivity index (χ4n) is 2.60. The number of nitrogens with one attached hydrogen (secondary N) is 4. The fraction of sp³-hybridized carbons (Fsp3) is 0.421. The molecule has 0 unspecified atom stereocenters. The van der Waals surface area contributed by atoms with Gasteiger partial charge in [-0.1, -0.05) is 12.1 Å². The van der Waals surface area contributed by atoms with Crippen LogP contribution in [0.1, 0.15) is 23.1 Å². The summed E-state index contributed by atoms with van der Waals surface area (Å²) in [4.78, 5) is 3.38. The highest BCUT2D eigenvalue weighted by atomic mass is 32.1. The number of nitriles is 1. The molecule has 0 radical (unpaired) electrons. The molecule has 2 aromatic rings. The van der Waals surface area contributed by atoms with Gasteiger partial charge in [-0.3, -0.25) is 5.32 Å². The van der Waals surface area contributed by atoms with Gasteiger partial charge in [-0.05, 0) is 43.3 Å². The SMILES string of the molecule is COCCNC(=S)NCCCNc1[nH+]c2c(C)c(C)ccc2cc1C#N. The van der Waals surface area contributed by atoms with Crippen molar-refractivity contribution in [2.75, 3.05) is 38.7 Å². The van der Waals surface area contributed by atoms with E-state index in [1.54, 1.807) is 7.11 Å². The third kappa shape index (κ3) is 5.28. The van der Waals surface area contributed by atoms with Crippen molar-refractivity contribution in [3.05, 3.63) is 34.9 Å². The lowest BCUT2D eigenvalue weighted by Gasteiger charge is -2.10. The van der Waals surface area contributed by atoms with E-state index in [1.807, 2.05) is 12.1 Å². The van der Waals surface area contributed by atoms with Gasteiger partial charge in [0.2, 0.25) is 0 Å². The van der Waals surface area contributed by atoms with Gasteiger partial charge in [-0.2, -0.15) is 5.26 Å². The van der Waals surface area contributed by atoms with Gasteiger partial charge in [0, 0.05) is 32.0 Å². The molecule has 2 rings (SSSR count). The monoisotopic (exact) mass is 372 g/mol. The molecular weight excluding hydrogens is 346 g/mol. The summed E-state index contributed by atoms with van der Waals surface area (Å²) in [5.74, 6) is 0.759. The molecule has 0 saturated carbocycles. The van der Waals surface area contributed by atoms with Gasteiger partial charge in [0.05, 0.1) is 13.2 Å². The number of aromatic nitrogens is 1. The Labute approximate surface area is 159 Å². The van der Waals surface area contributed by atoms with Gasteiger partial charge >= 0.3 is 0 Å². The number of aromatic amines is 1. The minimum Gasteiger partial charge on any atom is -0.383 e. The maximum atomic E-state index is 9.42. The van der Waals surface area contributed by atoms with Crippen LogP contribution >= 0.6 is 12.2 Å². The average molecular weight is 373 g/mol. The zero-order chi connectivity index (χ0) is 18.9. The van der Waals surface area contributed by atoms with Crippen LogP contribution in [0.4, 0.5) is 5.82 Å². The summed E-state index contributed by atoms with van der Waals surface area (Å²) in [5.41, 5.74) is 4.10. The highest BCUT2D eigenvalue weighted by molar-refractivity contribution is 7.80. The lowest BCUT2D eigenvalue weighted by atomic mass is 10.0. The Bertz CT molecular complexity index is 816. The molecule has 6 nitrogen and oxygen atoms in total. The first-order chi connectivity index (χ1) is 12.6. The van der Waals surface area contributed by atoms with Gasteiger partial charge in [0.15, 0.2) is 5.11 Å². The molecular formula is C19H26N5OS+. The average Bonchev–Trinajstić information content (AvgIpc) is 2.64. The second kappa shape index (κ2) is 9.90. The Morgan fingerprint density at radius 3 is 2.73 bits per heavy atom. The zero-order valence-electron chi connectivity index (χ0n) is 15.5. The molecule has 0 spiro atoms. The molecule has 138 valence electrons. The van der Waals surface area contributed by atoms with E-state index in [9.17, 15) is 5.26 Å². The number of hydrogen-bond donors (Lipinski definition) is 3. The second-order valence-electron chi connectivity index (χ2n) is 6.10. The van der Waals surface area contributed by atoms with E-state index in [1.165, 1.54) is 11.1 Å². The second-order valence-corrected chi connectivity index (χ2v) is 6.51. The van der Waals surface area contributed by atoms with Crippen LogP contribution in [0.25, 0.3) is 10.9 Å². The lowest BCUT2D eigenvalue weighted by molar-refractivity contribution is -0.328. The van der Waals surface area contributed by atoms with Crippen LogP contribution in [-0.4, -0.2) is 38.5 Å². The summed E-state index contributed by atoms with van der Waals surface area (Å²) >= 11 is 5.18. The Hall–Kier alpha value is -2.43. The number of fused-ring (bicyclic) bond motifs is 1. The molecule has 0 fully saturated rings. The molecule has 26 heavy (non-hydrogen) atoms. The van der Waals surface area contributed by atoms with Gasteiger partial charge in [0.1, 0.15) is 17.1 Å². The highest BCUT2D eigenvalue weighted by Crippen LogP contribution is 2.21. The number of pyridine rings is 1. The van der Waals surface area contributed by atoms with Crippen molar-refractivity contribution < 1.29 is 9.72 Å². The van der Waals surface area contributed by atoms with E-state index < -0.39 is 0 Å². The molecule has 0 bridgehead atoms. The molecule has 0 aliphatic heterocycles. The predicted octanol–water partition coefficient (Wildman–Crippen LogP) is 2.05. The van der Waals surface area contributed by atoms with Crippen molar-refractivity contribution in [1.82, 2.24) is 10.6 Å². The molecule has 0 atom stereocenters. The number of H-pyrrole nitrogens is 1. The summed E-state index contributed by atoms with van der Waals surface area (Å²) in [6, 6.07) is 8.30. The molecule has 1 aromatic carbocycles. The van der Waals surface area contributed by atoms with E-state index in [-0.39, 0.29) is 0 Å². The smallest absolute Gasteiger partial charge is 0.290 e. The lowest BCUT2D eigenvalue weighted by Crippen LogP contribution is -2.37. The number of ether oxygens (including phenoxy) is 1. The topological polar surface area (TPSA) is 83.2 Å². The number of nitrogens with zero attached hydrogens (tertiary/aromatic N) is 1. The van der Waals surface area contributed by atoms with Gasteiger partial charge < -0.3 is 15.4 Å². The van der Waals surface area contributed by atoms with Gasteiger partial charge in [0.25, 0.3) is 5.82 Å². The number of methoxy groups -OCH3 is 1. The van der Waals surface area contributed by atoms with E-state index in [0.717, 1.165) is 36.2 Å². The number of aryl methyl sites for hydroxylation is 2. The summed E-state index contributed by atoms with van der Waals surface area (Å²) in [5, 5.41) is 20.6. The highest BCUT2D eigenvalue weighted by Gasteiger charge is 2.14. The van der Waals surface area contributed by atoms with Crippen LogP contribution in [0.5, 0.6) is 0 Å². The van der Waals surface area contributed by atoms with Crippen LogP contribution in [0.15, 0.2) is 18.2 Å². The van der Waals surface area contributed by atoms with Crippen molar-refractivity contribution in [2.45, 2.75) is 20.3 Å². The van der Waals surface area contributed by atoms with E-state index in [0.29, 0.717) is 23.8 Å². The van der Waals surface area contributed by atoms with Gasteiger partial charge in [-0.15, -0.1) is 0 Å². The Morgan fingerprint density at radius 2 is 2.00 bits per heavy atom. The first-order valence-corrected chi connectivity index (χ1v) is 9.08. The molecule has 0 aliphatic carbocycles. The third-order valence-corrected chi connectivity index (χ3v) is 4.53. The quantitative estimate of drug-likeness (QED) is 0.486. The molecule has 0 amide bonds. The Balaban J connectivity index is 1.91. The van der Waals surface area contributed by atoms with Crippen molar-refractivity contribution in [3.8, 4) is 6.07 Å². The number of anilines is 1. The normalized spacial score (nSPS) is 10.4. The minimum absolute atomic E-state index is 0.616. The Kier molecular flexibility index (Phi) is 7.57. The molecule has 7 heteroatoms. The molecule has 1 heterocycles. The number of hydrogen-bond acceptors (Lipinski definition) is 4. The Morgan fingerprint density at radius 1 is 1.23 bits per heavy atom. The first kappa shape index (κ1) is 19.9. The number of rotatable bonds is 8. The van der Waals surface area contributed by atoms with Gasteiger partial charge in [-0.25, -0.2) is 4.98 Å². The van der Waals surface area contributed by atoms with Crippen LogP contribution < -0.4 is 20.9 Å². The van der Waals surface area contributed by atoms with E-state index in [4.69, 9.17) is 17.0 Å². The van der Waals surface area contributed by atoms with E-state index >= 15 is 0 Å². The van der Waals surface area contributed by atoms with Crippen molar-refractivity contribution in [1.29, 1.82) is 5.26 Å². The van der Waals surface area contributed by atoms with Crippen LogP contribution in [-0.2, 0) is 4.74 Å². The molecule has 1 aromatic heterocycles. The van der Waals surface area contributed by atoms with Crippen LogP contribution in [0.3, 0.4) is 0 Å². The summed E-state index contributed by atoms with van der Waals surface area (Å²) in [6.07, 6.45) is 0.871. The van der Waals surface area contributed by atoms with E-state index in [2.05, 4.69) is 46.9 Å². The largest absolute Gasteiger partial charge is 0.383 e. The van der Waals surface area contributed by atoms with Crippen molar-refractivity contribution >= 4 is 34.1 Å². The maximum absolute atomic E-state index is 9.42. The maximum Gasteiger partial charge on any atom is 0.290 e. The number of thiocarbonyl (C=S) groups is 1. The van der Waals surface area contributed by atoms with Crippen LogP contribution in [0, 0.1) is 25.2 Å². The van der Waals surface area contributed by atoms with Crippen LogP contribution in [0.2, 0.25) is 0 Å². The first-order valence-electron chi connectivity index (χ1n) is 8.67. The van der Waals surface area contributed by atoms with Crippen molar-refractivity contribution in [2.24, 2.45) is 0 Å². The minimum atomic E-state index is 0.616. The fourth-order valence-corrected chi connectivity index (χ4v) is 2.81. The molecule has 4 N–H and O–H groups in total. The predicted molar refractivity (Wildman–Crippen MR) is 108 cm³/mol. The van der Waals surface area contributed by atoms with Crippen molar-refractivity contribution in [3.63, 3.8) is 0 Å². The third-order valence-electron chi connectivity index (χ3n) is 4.24. The summed E-state index contributed by atoms with van der Waals surface area (Å²) < 4.78 is 4.96. The summed E-state index contributed by atoms with van der Waals surface area (Å²) in [7, 11) is 1.66. The summed E-state index contributed by atoms with van der Waals surface area (Å²) in [6.45, 7) is 6.97. The number of benzene rings is 1. The zero-order valence-corrected chi connectivity index (χ0v) is 16.3. The molecule has 0 aliphatic rings.